The molecular formula is C19H23FN3O9P. The van der Waals surface area contributed by atoms with Crippen LogP contribution in [-0.2, 0) is 23.4 Å². The summed E-state index contributed by atoms with van der Waals surface area (Å²) in [7, 11) is -3.02. The minimum atomic E-state index is -4.18. The molecule has 0 saturated carbocycles. The summed E-state index contributed by atoms with van der Waals surface area (Å²) >= 11 is 0. The number of aromatic nitrogens is 2. The Bertz CT molecular complexity index is 1140. The predicted octanol–water partition coefficient (Wildman–Crippen LogP) is 0.679. The monoisotopic (exact) mass is 487 g/mol. The fourth-order valence-corrected chi connectivity index (χ4v) is 4.56. The van der Waals surface area contributed by atoms with Gasteiger partial charge >= 0.3 is 19.4 Å². The minimum Gasteiger partial charge on any atom is -0.468 e. The van der Waals surface area contributed by atoms with Gasteiger partial charge in [0.15, 0.2) is 0 Å². The smallest absolute Gasteiger partial charge is 0.459 e. The molecule has 0 aliphatic carbocycles. The molecule has 2 aromatic rings. The first kappa shape index (κ1) is 24.8. The van der Waals surface area contributed by atoms with Crippen LogP contribution in [0, 0.1) is 5.82 Å². The third kappa shape index (κ3) is 6.15. The Morgan fingerprint density at radius 2 is 2.09 bits per heavy atom. The van der Waals surface area contributed by atoms with Crippen molar-refractivity contribution in [2.75, 3.05) is 13.7 Å². The number of para-hydroxylation sites is 1. The molecule has 1 saturated heterocycles. The van der Waals surface area contributed by atoms with Crippen LogP contribution in [0.15, 0.2) is 46.1 Å². The van der Waals surface area contributed by atoms with E-state index >= 15 is 0 Å². The summed E-state index contributed by atoms with van der Waals surface area (Å²) in [6, 6.07) is 6.98. The Hall–Kier alpha value is -2.83. The van der Waals surface area contributed by atoms with Crippen LogP contribution in [0.25, 0.3) is 0 Å². The van der Waals surface area contributed by atoms with Crippen LogP contribution in [0.5, 0.6) is 5.75 Å². The zero-order valence-corrected chi connectivity index (χ0v) is 18.6. The van der Waals surface area contributed by atoms with E-state index in [1.165, 1.54) is 19.1 Å². The maximum atomic E-state index is 13.6. The van der Waals surface area contributed by atoms with Gasteiger partial charge in [-0.25, -0.2) is 9.36 Å². The van der Waals surface area contributed by atoms with Crippen LogP contribution in [0.1, 0.15) is 19.6 Å². The number of hydrogen-bond acceptors (Lipinski definition) is 9. The lowest BCUT2D eigenvalue weighted by molar-refractivity contribution is -0.142. The number of methoxy groups -OCH3 is 1. The maximum absolute atomic E-state index is 13.6. The minimum absolute atomic E-state index is 0.130. The van der Waals surface area contributed by atoms with E-state index in [0.29, 0.717) is 6.20 Å². The predicted molar refractivity (Wildman–Crippen MR) is 111 cm³/mol. The molecule has 0 spiro atoms. The van der Waals surface area contributed by atoms with Crippen molar-refractivity contribution in [2.45, 2.75) is 37.8 Å². The molecule has 0 radical (unpaired) electrons. The average Bonchev–Trinajstić information content (AvgIpc) is 3.15. The quantitative estimate of drug-likeness (QED) is 0.339. The van der Waals surface area contributed by atoms with Crippen molar-refractivity contribution in [3.05, 3.63) is 63.2 Å². The Morgan fingerprint density at radius 1 is 1.39 bits per heavy atom. The summed E-state index contributed by atoms with van der Waals surface area (Å²) in [5.74, 6) is -1.73. The lowest BCUT2D eigenvalue weighted by atomic mass is 10.2. The summed E-state index contributed by atoms with van der Waals surface area (Å²) in [6.45, 7) is 0.924. The van der Waals surface area contributed by atoms with Crippen LogP contribution < -0.4 is 20.9 Å². The fraction of sp³-hybridized carbons (Fsp3) is 0.421. The molecule has 3 N–H and O–H groups in total. The van der Waals surface area contributed by atoms with Gasteiger partial charge in [0.05, 0.1) is 26.0 Å². The second-order valence-corrected chi connectivity index (χ2v) is 8.84. The van der Waals surface area contributed by atoms with Gasteiger partial charge in [-0.1, -0.05) is 18.2 Å². The summed E-state index contributed by atoms with van der Waals surface area (Å²) in [4.78, 5) is 36.7. The number of H-pyrrole nitrogens is 1. The van der Waals surface area contributed by atoms with Gasteiger partial charge in [0.1, 0.15) is 24.1 Å². The molecule has 1 aliphatic heterocycles. The largest absolute Gasteiger partial charge is 0.468 e. The van der Waals surface area contributed by atoms with E-state index in [4.69, 9.17) is 13.8 Å². The number of nitrogens with one attached hydrogen (secondary N) is 2. The van der Waals surface area contributed by atoms with Crippen LogP contribution in [-0.4, -0.2) is 52.6 Å². The molecule has 3 rings (SSSR count). The van der Waals surface area contributed by atoms with E-state index in [-0.39, 0.29) is 12.2 Å². The molecule has 12 nitrogen and oxygen atoms in total. The highest BCUT2D eigenvalue weighted by Gasteiger charge is 2.39. The number of ether oxygens (including phenoxy) is 2. The Morgan fingerprint density at radius 3 is 2.76 bits per heavy atom. The number of carbonyl (C=O) groups is 1. The zero-order valence-electron chi connectivity index (χ0n) is 17.7. The van der Waals surface area contributed by atoms with Crippen LogP contribution >= 0.6 is 7.75 Å². The highest BCUT2D eigenvalue weighted by atomic mass is 31.2. The number of rotatable bonds is 9. The number of carbonyl (C=O) groups excluding carboxylic acids is 1. The molecular weight excluding hydrogens is 464 g/mol. The first-order chi connectivity index (χ1) is 15.6. The molecule has 33 heavy (non-hydrogen) atoms. The third-order valence-electron chi connectivity index (χ3n) is 4.72. The number of aliphatic hydroxyl groups is 1. The first-order valence-electron chi connectivity index (χ1n) is 9.81. The van der Waals surface area contributed by atoms with E-state index in [2.05, 4.69) is 9.82 Å². The number of nitrogens with zero attached hydrogens (tertiary/aromatic N) is 1. The number of halogens is 1. The van der Waals surface area contributed by atoms with Gasteiger partial charge in [0.25, 0.3) is 5.56 Å². The number of esters is 1. The van der Waals surface area contributed by atoms with Gasteiger partial charge in [-0.2, -0.15) is 9.48 Å². The summed E-state index contributed by atoms with van der Waals surface area (Å²) in [5, 5.41) is 12.8. The topological polar surface area (TPSA) is 158 Å². The van der Waals surface area contributed by atoms with E-state index < -0.39 is 61.9 Å². The summed E-state index contributed by atoms with van der Waals surface area (Å²) in [5.41, 5.74) is -2.11. The van der Waals surface area contributed by atoms with Gasteiger partial charge in [0, 0.05) is 6.42 Å². The average molecular weight is 487 g/mol. The maximum Gasteiger partial charge on any atom is 0.459 e. The summed E-state index contributed by atoms with van der Waals surface area (Å²) < 4.78 is 48.7. The molecule has 1 fully saturated rings. The van der Waals surface area contributed by atoms with Crippen molar-refractivity contribution in [1.29, 1.82) is 0 Å². The summed E-state index contributed by atoms with van der Waals surface area (Å²) in [6.07, 6.45) is -2.83. The Kier molecular flexibility index (Phi) is 7.82. The van der Waals surface area contributed by atoms with Crippen molar-refractivity contribution in [3.8, 4) is 5.75 Å². The number of aromatic amines is 1. The molecule has 1 aliphatic rings. The molecule has 1 aromatic carbocycles. The molecule has 5 atom stereocenters. The van der Waals surface area contributed by atoms with Gasteiger partial charge in [-0.15, -0.1) is 0 Å². The van der Waals surface area contributed by atoms with Crippen molar-refractivity contribution >= 4 is 13.7 Å². The second-order valence-electron chi connectivity index (χ2n) is 7.15. The van der Waals surface area contributed by atoms with Crippen LogP contribution in [0.4, 0.5) is 4.39 Å². The van der Waals surface area contributed by atoms with Crippen molar-refractivity contribution in [2.24, 2.45) is 0 Å². The van der Waals surface area contributed by atoms with Gasteiger partial charge in [0.2, 0.25) is 5.82 Å². The molecule has 0 amide bonds. The third-order valence-corrected chi connectivity index (χ3v) is 6.37. The molecule has 14 heteroatoms. The normalized spacial score (nSPS) is 23.0. The second kappa shape index (κ2) is 10.4. The van der Waals surface area contributed by atoms with Crippen LogP contribution in [0.3, 0.4) is 0 Å². The van der Waals surface area contributed by atoms with Gasteiger partial charge in [-0.3, -0.25) is 23.7 Å². The lowest BCUT2D eigenvalue weighted by Crippen LogP contribution is -2.36. The fourth-order valence-electron chi connectivity index (χ4n) is 3.06. The number of benzene rings is 1. The highest BCUT2D eigenvalue weighted by molar-refractivity contribution is 7.52. The first-order valence-corrected chi connectivity index (χ1v) is 11.4. The van der Waals surface area contributed by atoms with Crippen molar-refractivity contribution < 1.29 is 37.4 Å². The molecule has 1 aromatic heterocycles. The Balaban J connectivity index is 1.73. The molecule has 2 heterocycles. The molecule has 2 unspecified atom stereocenters. The highest BCUT2D eigenvalue weighted by Crippen LogP contribution is 2.45. The standard InChI is InChI=1S/C19H23FN3O9P/c1-11(18(26)29-2)22-33(28,32-12-6-4-3-5-7-12)30-10-15-14(24)8-16(31-15)23-9-13(20)17(25)21-19(23)27/h3-7,9,11,14-16,24H,8,10H2,1-2H3,(H,22,28)(H,21,25,27)/t11?,14-,15+,16+,33?/m0/s1. The van der Waals surface area contributed by atoms with Gasteiger partial charge < -0.3 is 19.1 Å². The number of aliphatic hydroxyl groups excluding tert-OH is 1. The molecule has 0 bridgehead atoms. The van der Waals surface area contributed by atoms with Crippen molar-refractivity contribution in [1.82, 2.24) is 14.6 Å². The van der Waals surface area contributed by atoms with E-state index in [1.807, 2.05) is 0 Å². The van der Waals surface area contributed by atoms with Crippen LogP contribution in [0.2, 0.25) is 0 Å². The van der Waals surface area contributed by atoms with E-state index in [0.717, 1.165) is 11.7 Å². The lowest BCUT2D eigenvalue weighted by Gasteiger charge is -2.24. The SMILES string of the molecule is COC(=O)C(C)NP(=O)(OC[C@H]1O[C@@H](n2cc(F)c(=O)[nH]c2=O)C[C@@H]1O)Oc1ccccc1. The van der Waals surface area contributed by atoms with Crippen molar-refractivity contribution in [3.63, 3.8) is 0 Å². The molecule has 180 valence electrons. The van der Waals surface area contributed by atoms with E-state index in [9.17, 15) is 28.4 Å². The zero-order chi connectivity index (χ0) is 24.2. The van der Waals surface area contributed by atoms with Gasteiger partial charge in [-0.05, 0) is 19.1 Å². The van der Waals surface area contributed by atoms with E-state index in [1.54, 1.807) is 23.2 Å². The number of hydrogen-bond donors (Lipinski definition) is 3. The Labute approximate surface area is 186 Å².